The third kappa shape index (κ3) is 2.87. The van der Waals surface area contributed by atoms with Crippen molar-refractivity contribution >= 4 is 11.6 Å². The van der Waals surface area contributed by atoms with Gasteiger partial charge in [-0.15, -0.1) is 0 Å². The Hall–Kier alpha value is -1.36. The molecule has 0 unspecified atom stereocenters. The Morgan fingerprint density at radius 1 is 1.30 bits per heavy atom. The van der Waals surface area contributed by atoms with E-state index < -0.39 is 0 Å². The van der Waals surface area contributed by atoms with Crippen molar-refractivity contribution in [2.45, 2.75) is 46.6 Å². The van der Waals surface area contributed by atoms with Crippen LogP contribution in [0.3, 0.4) is 0 Å². The van der Waals surface area contributed by atoms with Gasteiger partial charge in [-0.3, -0.25) is 0 Å². The van der Waals surface area contributed by atoms with Crippen LogP contribution in [-0.4, -0.2) is 41.8 Å². The first kappa shape index (κ1) is 15.0. The quantitative estimate of drug-likeness (QED) is 0.916. The van der Waals surface area contributed by atoms with Crippen LogP contribution in [0, 0.1) is 6.92 Å². The third-order valence-electron chi connectivity index (χ3n) is 3.73. The van der Waals surface area contributed by atoms with Crippen molar-refractivity contribution in [3.63, 3.8) is 0 Å². The molecule has 0 saturated carbocycles. The van der Waals surface area contributed by atoms with Gasteiger partial charge in [0.1, 0.15) is 17.5 Å². The minimum absolute atomic E-state index is 0.0359. The van der Waals surface area contributed by atoms with E-state index in [2.05, 4.69) is 49.8 Å². The first-order valence-corrected chi connectivity index (χ1v) is 7.46. The maximum atomic E-state index is 5.61. The van der Waals surface area contributed by atoms with Crippen molar-refractivity contribution in [1.82, 2.24) is 9.97 Å². The van der Waals surface area contributed by atoms with Crippen LogP contribution in [0.25, 0.3) is 0 Å². The highest BCUT2D eigenvalue weighted by Gasteiger charge is 2.33. The summed E-state index contributed by atoms with van der Waals surface area (Å²) in [5, 5.41) is 3.35. The van der Waals surface area contributed by atoms with E-state index in [0.29, 0.717) is 0 Å². The Bertz CT molecular complexity index is 473. The minimum atomic E-state index is -0.0359. The van der Waals surface area contributed by atoms with Crippen molar-refractivity contribution in [3.8, 4) is 0 Å². The molecule has 1 aliphatic heterocycles. The number of morpholine rings is 1. The summed E-state index contributed by atoms with van der Waals surface area (Å²) in [5.41, 5.74) is 1.09. The smallest absolute Gasteiger partial charge is 0.137 e. The predicted molar refractivity (Wildman–Crippen MR) is 82.6 cm³/mol. The number of hydrogen-bond acceptors (Lipinski definition) is 5. The fraction of sp³-hybridized carbons (Fsp3) is 0.733. The predicted octanol–water partition coefficient (Wildman–Crippen LogP) is 2.39. The zero-order valence-electron chi connectivity index (χ0n) is 13.3. The summed E-state index contributed by atoms with van der Waals surface area (Å²) < 4.78 is 5.61. The molecule has 0 bridgehead atoms. The topological polar surface area (TPSA) is 50.3 Å². The molecule has 0 aromatic carbocycles. The van der Waals surface area contributed by atoms with Gasteiger partial charge in [0, 0.05) is 25.1 Å². The molecule has 5 heteroatoms. The monoisotopic (exact) mass is 278 g/mol. The van der Waals surface area contributed by atoms with Crippen LogP contribution in [0.4, 0.5) is 11.6 Å². The zero-order valence-corrected chi connectivity index (χ0v) is 13.3. The molecule has 20 heavy (non-hydrogen) atoms. The van der Waals surface area contributed by atoms with Crippen LogP contribution in [0.15, 0.2) is 0 Å². The number of nitrogens with zero attached hydrogens (tertiary/aromatic N) is 3. The second kappa shape index (κ2) is 5.95. The van der Waals surface area contributed by atoms with Crippen molar-refractivity contribution < 1.29 is 4.74 Å². The van der Waals surface area contributed by atoms with Gasteiger partial charge >= 0.3 is 0 Å². The fourth-order valence-electron chi connectivity index (χ4n) is 2.56. The summed E-state index contributed by atoms with van der Waals surface area (Å²) in [6.07, 6.45) is 0.844. The van der Waals surface area contributed by atoms with E-state index >= 15 is 0 Å². The highest BCUT2D eigenvalue weighted by atomic mass is 16.5. The lowest BCUT2D eigenvalue weighted by Crippen LogP contribution is -2.53. The molecule has 0 spiro atoms. The van der Waals surface area contributed by atoms with Crippen LogP contribution >= 0.6 is 0 Å². The first-order chi connectivity index (χ1) is 9.49. The number of aromatic nitrogens is 2. The summed E-state index contributed by atoms with van der Waals surface area (Å²) in [5.74, 6) is 2.89. The summed E-state index contributed by atoms with van der Waals surface area (Å²) >= 11 is 0. The molecule has 0 aliphatic carbocycles. The maximum absolute atomic E-state index is 5.61. The summed E-state index contributed by atoms with van der Waals surface area (Å²) in [6, 6.07) is 0. The molecule has 0 amide bonds. The molecular weight excluding hydrogens is 252 g/mol. The van der Waals surface area contributed by atoms with E-state index in [-0.39, 0.29) is 5.54 Å². The van der Waals surface area contributed by atoms with Crippen LogP contribution in [0.5, 0.6) is 0 Å². The minimum Gasteiger partial charge on any atom is -0.377 e. The largest absolute Gasteiger partial charge is 0.377 e. The van der Waals surface area contributed by atoms with Crippen molar-refractivity contribution in [1.29, 1.82) is 0 Å². The molecule has 112 valence electrons. The van der Waals surface area contributed by atoms with E-state index in [4.69, 9.17) is 9.72 Å². The van der Waals surface area contributed by atoms with Gasteiger partial charge < -0.3 is 15.0 Å². The van der Waals surface area contributed by atoms with Gasteiger partial charge in [-0.05, 0) is 27.7 Å². The van der Waals surface area contributed by atoms with Gasteiger partial charge in [-0.25, -0.2) is 9.97 Å². The number of ether oxygens (including phenoxy) is 1. The molecule has 1 N–H and O–H groups in total. The summed E-state index contributed by atoms with van der Waals surface area (Å²) in [4.78, 5) is 11.7. The highest BCUT2D eigenvalue weighted by molar-refractivity contribution is 5.60. The van der Waals surface area contributed by atoms with Crippen LogP contribution in [0.2, 0.25) is 0 Å². The van der Waals surface area contributed by atoms with Gasteiger partial charge in [0.25, 0.3) is 0 Å². The average molecular weight is 278 g/mol. The number of nitrogens with one attached hydrogen (secondary N) is 1. The normalized spacial score (nSPS) is 18.1. The molecule has 5 nitrogen and oxygen atoms in total. The molecule has 2 rings (SSSR count). The molecule has 1 aromatic heterocycles. The van der Waals surface area contributed by atoms with Crippen molar-refractivity contribution in [2.24, 2.45) is 0 Å². The molecule has 0 atom stereocenters. The van der Waals surface area contributed by atoms with E-state index in [1.54, 1.807) is 0 Å². The number of hydrogen-bond donors (Lipinski definition) is 1. The number of aryl methyl sites for hydroxylation is 1. The lowest BCUT2D eigenvalue weighted by atomic mass is 10.0. The Morgan fingerprint density at radius 3 is 2.65 bits per heavy atom. The standard InChI is InChI=1S/C15H26N4O/c1-6-12-17-13(16-7-2)11(3)14(18-12)19-8-9-20-10-15(19,4)5/h6-10H2,1-5H3,(H,16,17,18). The molecule has 1 aliphatic rings. The van der Waals surface area contributed by atoms with E-state index in [0.717, 1.165) is 55.7 Å². The molecule has 2 heterocycles. The zero-order chi connectivity index (χ0) is 14.8. The van der Waals surface area contributed by atoms with E-state index in [9.17, 15) is 0 Å². The molecule has 0 radical (unpaired) electrons. The molecular formula is C15H26N4O. The van der Waals surface area contributed by atoms with Gasteiger partial charge in [-0.2, -0.15) is 0 Å². The van der Waals surface area contributed by atoms with Crippen molar-refractivity contribution in [2.75, 3.05) is 36.5 Å². The maximum Gasteiger partial charge on any atom is 0.137 e. The number of anilines is 2. The lowest BCUT2D eigenvalue weighted by molar-refractivity contribution is 0.0638. The van der Waals surface area contributed by atoms with Gasteiger partial charge in [0.15, 0.2) is 0 Å². The second-order valence-electron chi connectivity index (χ2n) is 5.84. The Balaban J connectivity index is 2.46. The SMILES string of the molecule is CCNc1nc(CC)nc(N2CCOCC2(C)C)c1C. The lowest BCUT2D eigenvalue weighted by Gasteiger charge is -2.43. The van der Waals surface area contributed by atoms with Gasteiger partial charge in [0.2, 0.25) is 0 Å². The third-order valence-corrected chi connectivity index (χ3v) is 3.73. The van der Waals surface area contributed by atoms with E-state index in [1.165, 1.54) is 0 Å². The van der Waals surface area contributed by atoms with Crippen LogP contribution < -0.4 is 10.2 Å². The highest BCUT2D eigenvalue weighted by Crippen LogP contribution is 2.30. The van der Waals surface area contributed by atoms with E-state index in [1.807, 2.05) is 0 Å². The van der Waals surface area contributed by atoms with Crippen LogP contribution in [-0.2, 0) is 11.2 Å². The Kier molecular flexibility index (Phi) is 4.48. The molecule has 1 aromatic rings. The Labute approximate surface area is 121 Å². The Morgan fingerprint density at radius 2 is 2.05 bits per heavy atom. The molecule has 1 saturated heterocycles. The van der Waals surface area contributed by atoms with Crippen molar-refractivity contribution in [3.05, 3.63) is 11.4 Å². The van der Waals surface area contributed by atoms with Gasteiger partial charge in [0.05, 0.1) is 18.8 Å². The fourth-order valence-corrected chi connectivity index (χ4v) is 2.56. The van der Waals surface area contributed by atoms with Gasteiger partial charge in [-0.1, -0.05) is 6.92 Å². The summed E-state index contributed by atoms with van der Waals surface area (Å²) in [6.45, 7) is 13.9. The number of rotatable bonds is 4. The average Bonchev–Trinajstić information content (AvgIpc) is 2.41. The van der Waals surface area contributed by atoms with Crippen LogP contribution in [0.1, 0.15) is 39.1 Å². The summed E-state index contributed by atoms with van der Waals surface area (Å²) in [7, 11) is 0. The first-order valence-electron chi connectivity index (χ1n) is 7.46. The molecule has 1 fully saturated rings. The second-order valence-corrected chi connectivity index (χ2v) is 5.84.